The number of rotatable bonds is 6. The van der Waals surface area contributed by atoms with Crippen molar-refractivity contribution < 1.29 is 14.7 Å². The number of hydrogen-bond acceptors (Lipinski definition) is 2. The Morgan fingerprint density at radius 1 is 1.15 bits per heavy atom. The number of carboxylic acids is 1. The molecular weight excluding hydrogens is 256 g/mol. The summed E-state index contributed by atoms with van der Waals surface area (Å²) in [6.07, 6.45) is 4.47. The van der Waals surface area contributed by atoms with Gasteiger partial charge in [0.25, 0.3) is 0 Å². The van der Waals surface area contributed by atoms with Crippen molar-refractivity contribution in [2.24, 2.45) is 5.41 Å². The van der Waals surface area contributed by atoms with E-state index in [4.69, 9.17) is 5.11 Å². The number of hydrogen-bond donors (Lipinski definition) is 1. The summed E-state index contributed by atoms with van der Waals surface area (Å²) in [7, 11) is 0. The zero-order valence-electron chi connectivity index (χ0n) is 13.0. The summed E-state index contributed by atoms with van der Waals surface area (Å²) < 4.78 is 0. The number of amides is 2. The molecule has 1 N–H and O–H groups in total. The number of piperidine rings is 1. The Morgan fingerprint density at radius 3 is 2.10 bits per heavy atom. The van der Waals surface area contributed by atoms with E-state index in [0.717, 1.165) is 25.9 Å². The lowest BCUT2D eigenvalue weighted by atomic mass is 9.74. The summed E-state index contributed by atoms with van der Waals surface area (Å²) in [5.41, 5.74) is 0.398. The molecule has 0 bridgehead atoms. The van der Waals surface area contributed by atoms with Crippen molar-refractivity contribution >= 4 is 12.0 Å². The van der Waals surface area contributed by atoms with E-state index in [1.807, 2.05) is 11.8 Å². The second-order valence-corrected chi connectivity index (χ2v) is 5.70. The summed E-state index contributed by atoms with van der Waals surface area (Å²) in [6, 6.07) is -0.00504. The smallest absolute Gasteiger partial charge is 0.320 e. The van der Waals surface area contributed by atoms with Gasteiger partial charge in [0.05, 0.1) is 6.42 Å². The molecule has 0 aliphatic carbocycles. The molecule has 0 saturated carbocycles. The highest BCUT2D eigenvalue weighted by molar-refractivity contribution is 5.75. The van der Waals surface area contributed by atoms with Gasteiger partial charge in [-0.1, -0.05) is 26.7 Å². The van der Waals surface area contributed by atoms with Crippen LogP contribution in [-0.2, 0) is 4.79 Å². The van der Waals surface area contributed by atoms with E-state index in [1.54, 1.807) is 4.90 Å². The molecule has 20 heavy (non-hydrogen) atoms. The Balaban J connectivity index is 2.54. The van der Waals surface area contributed by atoms with Crippen molar-refractivity contribution in [1.29, 1.82) is 0 Å². The summed E-state index contributed by atoms with van der Waals surface area (Å²) in [4.78, 5) is 26.5. The largest absolute Gasteiger partial charge is 0.481 e. The molecule has 5 nitrogen and oxygen atoms in total. The van der Waals surface area contributed by atoms with Gasteiger partial charge in [0.1, 0.15) is 0 Å². The third kappa shape index (κ3) is 4.12. The Hall–Kier alpha value is -1.26. The number of urea groups is 1. The molecule has 1 saturated heterocycles. The first-order valence-corrected chi connectivity index (χ1v) is 7.73. The Labute approximate surface area is 121 Å². The maximum Gasteiger partial charge on any atom is 0.320 e. The summed E-state index contributed by atoms with van der Waals surface area (Å²) >= 11 is 0. The summed E-state index contributed by atoms with van der Waals surface area (Å²) in [5, 5.41) is 8.73. The molecule has 0 unspecified atom stereocenters. The van der Waals surface area contributed by atoms with Gasteiger partial charge in [-0.3, -0.25) is 4.79 Å². The number of carbonyl (C=O) groups is 2. The van der Waals surface area contributed by atoms with Crippen LogP contribution in [0.2, 0.25) is 0 Å². The molecule has 1 fully saturated rings. The molecule has 1 aliphatic rings. The van der Waals surface area contributed by atoms with Gasteiger partial charge in [0.15, 0.2) is 0 Å². The lowest BCUT2D eigenvalue weighted by molar-refractivity contribution is -0.137. The SMILES string of the molecule is CCN(CCC(=O)O)C(=O)N1CCC(CC)(CC)CC1. The number of carboxylic acid groups (broad SMARTS) is 1. The molecule has 2 amide bonds. The summed E-state index contributed by atoms with van der Waals surface area (Å²) in [5.74, 6) is -0.856. The molecule has 1 heterocycles. The van der Waals surface area contributed by atoms with Gasteiger partial charge < -0.3 is 14.9 Å². The Morgan fingerprint density at radius 2 is 1.70 bits per heavy atom. The van der Waals surface area contributed by atoms with Gasteiger partial charge in [0, 0.05) is 26.2 Å². The maximum atomic E-state index is 12.4. The second kappa shape index (κ2) is 7.50. The third-order valence-electron chi connectivity index (χ3n) is 4.84. The fourth-order valence-electron chi connectivity index (χ4n) is 2.95. The first kappa shape index (κ1) is 16.8. The monoisotopic (exact) mass is 284 g/mol. The fourth-order valence-corrected chi connectivity index (χ4v) is 2.95. The Kier molecular flexibility index (Phi) is 6.30. The average molecular weight is 284 g/mol. The highest BCUT2D eigenvalue weighted by atomic mass is 16.4. The van der Waals surface area contributed by atoms with Crippen molar-refractivity contribution in [2.45, 2.75) is 52.9 Å². The van der Waals surface area contributed by atoms with Crippen LogP contribution in [0.3, 0.4) is 0 Å². The average Bonchev–Trinajstić information content (AvgIpc) is 2.47. The molecule has 0 aromatic heterocycles. The molecule has 0 aromatic carbocycles. The number of carbonyl (C=O) groups excluding carboxylic acids is 1. The van der Waals surface area contributed by atoms with E-state index in [1.165, 1.54) is 12.8 Å². The predicted molar refractivity (Wildman–Crippen MR) is 78.7 cm³/mol. The standard InChI is InChI=1S/C15H28N2O3/c1-4-15(5-2)8-11-17(12-9-15)14(20)16(6-3)10-7-13(18)19/h4-12H2,1-3H3,(H,18,19). The number of nitrogens with zero attached hydrogens (tertiary/aromatic N) is 2. The lowest BCUT2D eigenvalue weighted by Gasteiger charge is -2.42. The van der Waals surface area contributed by atoms with Gasteiger partial charge in [0.2, 0.25) is 0 Å². The van der Waals surface area contributed by atoms with Crippen LogP contribution in [-0.4, -0.2) is 53.1 Å². The topological polar surface area (TPSA) is 60.9 Å². The van der Waals surface area contributed by atoms with Crippen LogP contribution < -0.4 is 0 Å². The fraction of sp³-hybridized carbons (Fsp3) is 0.867. The first-order chi connectivity index (χ1) is 9.48. The van der Waals surface area contributed by atoms with Gasteiger partial charge in [-0.25, -0.2) is 4.79 Å². The van der Waals surface area contributed by atoms with Crippen molar-refractivity contribution in [3.8, 4) is 0 Å². The molecule has 0 spiro atoms. The molecular formula is C15H28N2O3. The summed E-state index contributed by atoms with van der Waals surface area (Å²) in [6.45, 7) is 8.81. The van der Waals surface area contributed by atoms with E-state index in [9.17, 15) is 9.59 Å². The molecule has 1 aliphatic heterocycles. The van der Waals surface area contributed by atoms with Crippen LogP contribution in [0.5, 0.6) is 0 Å². The van der Waals surface area contributed by atoms with E-state index in [-0.39, 0.29) is 12.5 Å². The van der Waals surface area contributed by atoms with Crippen LogP contribution in [0.4, 0.5) is 4.79 Å². The van der Waals surface area contributed by atoms with Gasteiger partial charge in [-0.15, -0.1) is 0 Å². The molecule has 1 rings (SSSR count). The zero-order chi connectivity index (χ0) is 15.2. The van der Waals surface area contributed by atoms with E-state index in [2.05, 4.69) is 13.8 Å². The highest BCUT2D eigenvalue weighted by Crippen LogP contribution is 2.38. The molecule has 0 radical (unpaired) electrons. The van der Waals surface area contributed by atoms with Gasteiger partial charge >= 0.3 is 12.0 Å². The minimum absolute atomic E-state index is 0.00504. The Bertz CT molecular complexity index is 330. The van der Waals surface area contributed by atoms with E-state index in [0.29, 0.717) is 18.5 Å². The van der Waals surface area contributed by atoms with Crippen molar-refractivity contribution in [2.75, 3.05) is 26.2 Å². The van der Waals surface area contributed by atoms with Crippen molar-refractivity contribution in [1.82, 2.24) is 9.80 Å². The van der Waals surface area contributed by atoms with Crippen LogP contribution in [0.15, 0.2) is 0 Å². The number of aliphatic carboxylic acids is 1. The molecule has 5 heteroatoms. The van der Waals surface area contributed by atoms with Crippen molar-refractivity contribution in [3.05, 3.63) is 0 Å². The molecule has 0 atom stereocenters. The van der Waals surface area contributed by atoms with Crippen LogP contribution >= 0.6 is 0 Å². The van der Waals surface area contributed by atoms with Crippen LogP contribution in [0, 0.1) is 5.41 Å². The third-order valence-corrected chi connectivity index (χ3v) is 4.84. The van der Waals surface area contributed by atoms with Crippen LogP contribution in [0.1, 0.15) is 52.9 Å². The van der Waals surface area contributed by atoms with Crippen LogP contribution in [0.25, 0.3) is 0 Å². The van der Waals surface area contributed by atoms with Crippen molar-refractivity contribution in [3.63, 3.8) is 0 Å². The van der Waals surface area contributed by atoms with Gasteiger partial charge in [-0.05, 0) is 25.2 Å². The first-order valence-electron chi connectivity index (χ1n) is 7.73. The maximum absolute atomic E-state index is 12.4. The second-order valence-electron chi connectivity index (χ2n) is 5.70. The van der Waals surface area contributed by atoms with E-state index < -0.39 is 5.97 Å². The zero-order valence-corrected chi connectivity index (χ0v) is 13.0. The van der Waals surface area contributed by atoms with Gasteiger partial charge in [-0.2, -0.15) is 0 Å². The minimum atomic E-state index is -0.856. The minimum Gasteiger partial charge on any atom is -0.481 e. The van der Waals surface area contributed by atoms with E-state index >= 15 is 0 Å². The number of likely N-dealkylation sites (tertiary alicyclic amines) is 1. The highest BCUT2D eigenvalue weighted by Gasteiger charge is 2.33. The molecule has 0 aromatic rings. The predicted octanol–water partition coefficient (Wildman–Crippen LogP) is 2.81. The normalized spacial score (nSPS) is 17.9. The lowest BCUT2D eigenvalue weighted by Crippen LogP contribution is -2.49. The molecule has 116 valence electrons. The quantitative estimate of drug-likeness (QED) is 0.816.